The highest BCUT2D eigenvalue weighted by Gasteiger charge is 2.36. The number of nitrogens with zero attached hydrogens (tertiary/aromatic N) is 5. The first-order valence-corrected chi connectivity index (χ1v) is 9.87. The SMILES string of the molecule is Cc1[nH]nc2ccc(-c3nncc(N4CCNC5(CCCCC5)C4)n3)cc12. The van der Waals surface area contributed by atoms with Crippen LogP contribution >= 0.6 is 0 Å². The first-order chi connectivity index (χ1) is 13.2. The maximum absolute atomic E-state index is 4.86. The highest BCUT2D eigenvalue weighted by molar-refractivity contribution is 5.85. The molecule has 1 aliphatic carbocycles. The number of benzene rings is 1. The van der Waals surface area contributed by atoms with Gasteiger partial charge in [0.25, 0.3) is 0 Å². The average molecular weight is 363 g/mol. The molecule has 0 radical (unpaired) electrons. The summed E-state index contributed by atoms with van der Waals surface area (Å²) >= 11 is 0. The predicted molar refractivity (Wildman–Crippen MR) is 106 cm³/mol. The molecule has 2 aliphatic rings. The van der Waals surface area contributed by atoms with E-state index in [2.05, 4.69) is 36.7 Å². The number of aryl methyl sites for hydroxylation is 1. The highest BCUT2D eigenvalue weighted by atomic mass is 15.3. The van der Waals surface area contributed by atoms with Gasteiger partial charge in [-0.25, -0.2) is 4.98 Å². The van der Waals surface area contributed by atoms with E-state index in [-0.39, 0.29) is 5.54 Å². The molecule has 2 fully saturated rings. The molecule has 1 saturated heterocycles. The molecule has 3 aromatic rings. The quantitative estimate of drug-likeness (QED) is 0.728. The average Bonchev–Trinajstić information content (AvgIpc) is 3.09. The van der Waals surface area contributed by atoms with Crippen molar-refractivity contribution in [3.05, 3.63) is 30.1 Å². The van der Waals surface area contributed by atoms with Crippen molar-refractivity contribution in [3.63, 3.8) is 0 Å². The van der Waals surface area contributed by atoms with Crippen LogP contribution in [-0.4, -0.2) is 50.6 Å². The van der Waals surface area contributed by atoms with E-state index >= 15 is 0 Å². The van der Waals surface area contributed by atoms with Crippen molar-refractivity contribution in [2.75, 3.05) is 24.5 Å². The summed E-state index contributed by atoms with van der Waals surface area (Å²) in [4.78, 5) is 7.24. The number of rotatable bonds is 2. The highest BCUT2D eigenvalue weighted by Crippen LogP contribution is 2.32. The molecule has 1 aliphatic heterocycles. The fourth-order valence-electron chi connectivity index (χ4n) is 4.56. The maximum Gasteiger partial charge on any atom is 0.183 e. The summed E-state index contributed by atoms with van der Waals surface area (Å²) in [7, 11) is 0. The van der Waals surface area contributed by atoms with Crippen LogP contribution in [0.2, 0.25) is 0 Å². The van der Waals surface area contributed by atoms with Crippen molar-refractivity contribution in [2.45, 2.75) is 44.6 Å². The van der Waals surface area contributed by atoms with Gasteiger partial charge in [-0.15, -0.1) is 5.10 Å². The van der Waals surface area contributed by atoms with Crippen LogP contribution in [0.15, 0.2) is 24.4 Å². The van der Waals surface area contributed by atoms with Gasteiger partial charge < -0.3 is 10.2 Å². The van der Waals surface area contributed by atoms with Crippen LogP contribution < -0.4 is 10.2 Å². The number of aromatic nitrogens is 5. The number of aromatic amines is 1. The number of H-pyrrole nitrogens is 1. The second kappa shape index (κ2) is 6.56. The molecule has 5 rings (SSSR count). The first-order valence-electron chi connectivity index (χ1n) is 9.87. The molecular weight excluding hydrogens is 338 g/mol. The van der Waals surface area contributed by atoms with E-state index in [0.29, 0.717) is 5.82 Å². The normalized spacial score (nSPS) is 19.7. The molecule has 0 atom stereocenters. The van der Waals surface area contributed by atoms with E-state index in [0.717, 1.165) is 47.6 Å². The molecule has 27 heavy (non-hydrogen) atoms. The number of hydrogen-bond donors (Lipinski definition) is 2. The van der Waals surface area contributed by atoms with Gasteiger partial charge in [0.05, 0.1) is 11.7 Å². The van der Waals surface area contributed by atoms with Crippen LogP contribution in [-0.2, 0) is 0 Å². The summed E-state index contributed by atoms with van der Waals surface area (Å²) in [6.45, 7) is 4.99. The van der Waals surface area contributed by atoms with Gasteiger partial charge in [0, 0.05) is 41.8 Å². The van der Waals surface area contributed by atoms with Crippen molar-refractivity contribution in [1.29, 1.82) is 0 Å². The Bertz CT molecular complexity index is 952. The van der Waals surface area contributed by atoms with Gasteiger partial charge in [0.1, 0.15) is 0 Å². The van der Waals surface area contributed by atoms with Gasteiger partial charge in [-0.05, 0) is 38.0 Å². The minimum atomic E-state index is 0.244. The van der Waals surface area contributed by atoms with Crippen molar-refractivity contribution in [2.24, 2.45) is 0 Å². The fraction of sp³-hybridized carbons (Fsp3) is 0.500. The van der Waals surface area contributed by atoms with Gasteiger partial charge >= 0.3 is 0 Å². The van der Waals surface area contributed by atoms with E-state index in [1.807, 2.05) is 19.1 Å². The Balaban J connectivity index is 1.45. The summed E-state index contributed by atoms with van der Waals surface area (Å²) in [6, 6.07) is 6.12. The molecule has 1 spiro atoms. The number of anilines is 1. The zero-order chi connectivity index (χ0) is 18.3. The molecule has 0 amide bonds. The molecular formula is C20H25N7. The van der Waals surface area contributed by atoms with Crippen molar-refractivity contribution >= 4 is 16.7 Å². The lowest BCUT2D eigenvalue weighted by molar-refractivity contribution is 0.216. The second-order valence-corrected chi connectivity index (χ2v) is 7.91. The predicted octanol–water partition coefficient (Wildman–Crippen LogP) is 2.84. The maximum atomic E-state index is 4.86. The molecule has 0 unspecified atom stereocenters. The molecule has 0 bridgehead atoms. The lowest BCUT2D eigenvalue weighted by Crippen LogP contribution is -2.61. The molecule has 7 nitrogen and oxygen atoms in total. The lowest BCUT2D eigenvalue weighted by atomic mass is 9.80. The molecule has 7 heteroatoms. The zero-order valence-corrected chi connectivity index (χ0v) is 15.7. The second-order valence-electron chi connectivity index (χ2n) is 7.91. The van der Waals surface area contributed by atoms with Crippen LogP contribution in [0.1, 0.15) is 37.8 Å². The van der Waals surface area contributed by atoms with E-state index in [1.165, 1.54) is 32.1 Å². The Morgan fingerprint density at radius 2 is 2.04 bits per heavy atom. The fourth-order valence-corrected chi connectivity index (χ4v) is 4.56. The van der Waals surface area contributed by atoms with E-state index in [1.54, 1.807) is 6.20 Å². The number of hydrogen-bond acceptors (Lipinski definition) is 6. The molecule has 140 valence electrons. The van der Waals surface area contributed by atoms with Gasteiger partial charge in [-0.1, -0.05) is 19.3 Å². The molecule has 1 saturated carbocycles. The van der Waals surface area contributed by atoms with Crippen LogP contribution in [0, 0.1) is 6.92 Å². The molecule has 2 aromatic heterocycles. The smallest absolute Gasteiger partial charge is 0.183 e. The van der Waals surface area contributed by atoms with E-state index < -0.39 is 0 Å². The summed E-state index contributed by atoms with van der Waals surface area (Å²) in [5.41, 5.74) is 3.23. The number of piperazine rings is 1. The van der Waals surface area contributed by atoms with Crippen molar-refractivity contribution in [1.82, 2.24) is 30.7 Å². The summed E-state index contributed by atoms with van der Waals surface area (Å²) in [6.07, 6.45) is 8.30. The molecule has 3 heterocycles. The van der Waals surface area contributed by atoms with Crippen molar-refractivity contribution in [3.8, 4) is 11.4 Å². The van der Waals surface area contributed by atoms with E-state index in [9.17, 15) is 0 Å². The van der Waals surface area contributed by atoms with Gasteiger partial charge in [-0.3, -0.25) is 5.10 Å². The Hall–Kier alpha value is -2.54. The Labute approximate surface area is 158 Å². The first kappa shape index (κ1) is 16.6. The van der Waals surface area contributed by atoms with Crippen LogP contribution in [0.4, 0.5) is 5.82 Å². The number of fused-ring (bicyclic) bond motifs is 1. The van der Waals surface area contributed by atoms with Crippen LogP contribution in [0.3, 0.4) is 0 Å². The van der Waals surface area contributed by atoms with Crippen LogP contribution in [0.25, 0.3) is 22.3 Å². The molecule has 1 aromatic carbocycles. The van der Waals surface area contributed by atoms with Gasteiger partial charge in [-0.2, -0.15) is 10.2 Å². The van der Waals surface area contributed by atoms with Gasteiger partial charge in [0.15, 0.2) is 11.6 Å². The number of nitrogens with one attached hydrogen (secondary N) is 2. The third kappa shape index (κ3) is 3.06. The summed E-state index contributed by atoms with van der Waals surface area (Å²) in [5.74, 6) is 1.60. The minimum absolute atomic E-state index is 0.244. The Morgan fingerprint density at radius 1 is 1.15 bits per heavy atom. The monoisotopic (exact) mass is 363 g/mol. The third-order valence-electron chi connectivity index (χ3n) is 6.06. The Kier molecular flexibility index (Phi) is 4.04. The summed E-state index contributed by atoms with van der Waals surface area (Å²) in [5, 5.41) is 20.8. The summed E-state index contributed by atoms with van der Waals surface area (Å²) < 4.78 is 0. The third-order valence-corrected chi connectivity index (χ3v) is 6.06. The van der Waals surface area contributed by atoms with E-state index in [4.69, 9.17) is 4.98 Å². The van der Waals surface area contributed by atoms with Crippen LogP contribution in [0.5, 0.6) is 0 Å². The minimum Gasteiger partial charge on any atom is -0.352 e. The zero-order valence-electron chi connectivity index (χ0n) is 15.7. The standard InChI is InChI=1S/C20H25N7/c1-14-16-11-15(5-6-17(16)25-24-14)19-23-18(12-22-26-19)27-10-9-21-20(13-27)7-3-2-4-8-20/h5-6,11-12,21H,2-4,7-10,13H2,1H3,(H,24,25). The largest absolute Gasteiger partial charge is 0.352 e. The Morgan fingerprint density at radius 3 is 2.93 bits per heavy atom. The van der Waals surface area contributed by atoms with Crippen molar-refractivity contribution < 1.29 is 0 Å². The molecule has 2 N–H and O–H groups in total. The topological polar surface area (TPSA) is 82.6 Å². The van der Waals surface area contributed by atoms with Gasteiger partial charge in [0.2, 0.25) is 0 Å². The lowest BCUT2D eigenvalue weighted by Gasteiger charge is -2.46.